The topological polar surface area (TPSA) is 51.5 Å². The lowest BCUT2D eigenvalue weighted by Crippen LogP contribution is -2.33. The highest BCUT2D eigenvalue weighted by molar-refractivity contribution is 6.31. The summed E-state index contributed by atoms with van der Waals surface area (Å²) >= 11 is 6.50. The summed E-state index contributed by atoms with van der Waals surface area (Å²) in [5.74, 6) is 0.658. The van der Waals surface area contributed by atoms with Gasteiger partial charge in [0.25, 0.3) is 0 Å². The summed E-state index contributed by atoms with van der Waals surface area (Å²) in [5, 5.41) is 11.3. The van der Waals surface area contributed by atoms with E-state index in [0.717, 1.165) is 61.8 Å². The summed E-state index contributed by atoms with van der Waals surface area (Å²) < 4.78 is 0. The number of hydrogen-bond acceptors (Lipinski definition) is 4. The molecule has 1 aromatic carbocycles. The molecule has 2 N–H and O–H groups in total. The molecule has 0 radical (unpaired) electrons. The first-order valence-electron chi connectivity index (χ1n) is 9.23. The summed E-state index contributed by atoms with van der Waals surface area (Å²) in [6.07, 6.45) is 2.93. The van der Waals surface area contributed by atoms with Gasteiger partial charge < -0.3 is 10.2 Å². The van der Waals surface area contributed by atoms with Crippen LogP contribution in [0.2, 0.25) is 5.02 Å². The Balaban J connectivity index is 1.71. The second-order valence-corrected chi connectivity index (χ2v) is 7.60. The summed E-state index contributed by atoms with van der Waals surface area (Å²) in [6.45, 7) is 12.8. The van der Waals surface area contributed by atoms with Gasteiger partial charge in [0.05, 0.1) is 18.7 Å². The zero-order valence-electron chi connectivity index (χ0n) is 15.4. The molecule has 1 unspecified atom stereocenters. The number of hydrogen-bond donors (Lipinski definition) is 2. The molecule has 0 amide bonds. The average Bonchev–Trinajstić information content (AvgIpc) is 3.04. The van der Waals surface area contributed by atoms with Crippen LogP contribution in [0.25, 0.3) is 4.85 Å². The van der Waals surface area contributed by atoms with Crippen molar-refractivity contribution < 1.29 is 0 Å². The minimum absolute atomic E-state index is 0.198. The van der Waals surface area contributed by atoms with Crippen molar-refractivity contribution in [3.05, 3.63) is 69.4 Å². The van der Waals surface area contributed by atoms with Crippen LogP contribution in [0.1, 0.15) is 23.5 Å². The first kappa shape index (κ1) is 18.1. The lowest BCUT2D eigenvalue weighted by molar-refractivity contribution is 0.295. The Morgan fingerprint density at radius 3 is 2.89 bits per heavy atom. The molecule has 0 spiro atoms. The Bertz CT molecular complexity index is 896. The Labute approximate surface area is 164 Å². The van der Waals surface area contributed by atoms with E-state index in [1.807, 2.05) is 24.3 Å². The van der Waals surface area contributed by atoms with Crippen LogP contribution in [0.5, 0.6) is 0 Å². The molecule has 2 aliphatic rings. The SMILES string of the molecule is [C-]#[N+]C1=C(CN2CCCN(C)CC2)Nc2[nH]ncc2C1c1ccccc1Cl. The van der Waals surface area contributed by atoms with Crippen LogP contribution < -0.4 is 5.32 Å². The average molecular weight is 383 g/mol. The van der Waals surface area contributed by atoms with Gasteiger partial charge in [0.1, 0.15) is 5.82 Å². The van der Waals surface area contributed by atoms with Gasteiger partial charge in [-0.15, -0.1) is 0 Å². The number of likely N-dealkylation sites (N-methyl/N-ethyl adjacent to an activating group) is 1. The Morgan fingerprint density at radius 1 is 1.22 bits per heavy atom. The first-order valence-corrected chi connectivity index (χ1v) is 9.61. The highest BCUT2D eigenvalue weighted by Gasteiger charge is 2.33. The van der Waals surface area contributed by atoms with Crippen molar-refractivity contribution in [3.63, 3.8) is 0 Å². The number of aromatic nitrogens is 2. The van der Waals surface area contributed by atoms with Crippen LogP contribution in [0.4, 0.5) is 5.82 Å². The van der Waals surface area contributed by atoms with E-state index in [0.29, 0.717) is 10.7 Å². The molecule has 27 heavy (non-hydrogen) atoms. The van der Waals surface area contributed by atoms with Crippen LogP contribution in [0, 0.1) is 6.57 Å². The number of allylic oxidation sites excluding steroid dienone is 1. The molecule has 0 aliphatic carbocycles. The lowest BCUT2D eigenvalue weighted by atomic mass is 9.86. The zero-order chi connectivity index (χ0) is 18.8. The maximum atomic E-state index is 7.89. The maximum Gasteiger partial charge on any atom is 0.197 e. The van der Waals surface area contributed by atoms with Gasteiger partial charge in [-0.1, -0.05) is 29.8 Å². The van der Waals surface area contributed by atoms with Gasteiger partial charge in [0.15, 0.2) is 5.70 Å². The van der Waals surface area contributed by atoms with Crippen molar-refractivity contribution in [2.24, 2.45) is 0 Å². The van der Waals surface area contributed by atoms with Crippen LogP contribution in [-0.4, -0.2) is 59.8 Å². The summed E-state index contributed by atoms with van der Waals surface area (Å²) in [5.41, 5.74) is 3.56. The van der Waals surface area contributed by atoms with E-state index >= 15 is 0 Å². The summed E-state index contributed by atoms with van der Waals surface area (Å²) in [4.78, 5) is 8.72. The smallest absolute Gasteiger partial charge is 0.197 e. The van der Waals surface area contributed by atoms with Crippen LogP contribution in [0.3, 0.4) is 0 Å². The Morgan fingerprint density at radius 2 is 2.07 bits per heavy atom. The molecule has 0 saturated carbocycles. The number of H-pyrrole nitrogens is 1. The third-order valence-corrected chi connectivity index (χ3v) is 5.71. The second-order valence-electron chi connectivity index (χ2n) is 7.19. The largest absolute Gasteiger partial charge is 0.353 e. The molecule has 1 saturated heterocycles. The van der Waals surface area contributed by atoms with Crippen LogP contribution in [0.15, 0.2) is 41.9 Å². The van der Waals surface area contributed by atoms with E-state index in [1.54, 1.807) is 6.20 Å². The molecule has 140 valence electrons. The third-order valence-electron chi connectivity index (χ3n) is 5.37. The van der Waals surface area contributed by atoms with E-state index in [-0.39, 0.29) is 5.92 Å². The van der Waals surface area contributed by atoms with Gasteiger partial charge in [-0.25, -0.2) is 4.85 Å². The molecule has 7 heteroatoms. The molecule has 2 aliphatic heterocycles. The quantitative estimate of drug-likeness (QED) is 0.799. The predicted octanol–water partition coefficient (Wildman–Crippen LogP) is 3.39. The van der Waals surface area contributed by atoms with E-state index in [2.05, 4.69) is 37.2 Å². The predicted molar refractivity (Wildman–Crippen MR) is 108 cm³/mol. The van der Waals surface area contributed by atoms with E-state index < -0.39 is 0 Å². The van der Waals surface area contributed by atoms with Crippen molar-refractivity contribution in [1.82, 2.24) is 20.0 Å². The van der Waals surface area contributed by atoms with Gasteiger partial charge in [0.2, 0.25) is 0 Å². The van der Waals surface area contributed by atoms with Gasteiger partial charge in [0, 0.05) is 35.9 Å². The number of nitrogens with zero attached hydrogens (tertiary/aromatic N) is 4. The zero-order valence-corrected chi connectivity index (χ0v) is 16.1. The highest BCUT2D eigenvalue weighted by atomic mass is 35.5. The maximum absolute atomic E-state index is 7.89. The van der Waals surface area contributed by atoms with Crippen molar-refractivity contribution in [2.75, 3.05) is 45.1 Å². The number of nitrogens with one attached hydrogen (secondary N) is 2. The van der Waals surface area contributed by atoms with Crippen LogP contribution >= 0.6 is 11.6 Å². The molecule has 6 nitrogen and oxygen atoms in total. The molecule has 1 aromatic heterocycles. The second kappa shape index (κ2) is 7.73. The normalized spacial score (nSPS) is 21.3. The van der Waals surface area contributed by atoms with Gasteiger partial charge >= 0.3 is 0 Å². The highest BCUT2D eigenvalue weighted by Crippen LogP contribution is 2.43. The number of anilines is 1. The molecule has 4 rings (SSSR count). The van der Waals surface area contributed by atoms with Crippen molar-refractivity contribution in [1.29, 1.82) is 0 Å². The first-order chi connectivity index (χ1) is 13.2. The fourth-order valence-electron chi connectivity index (χ4n) is 3.91. The Kier molecular flexibility index (Phi) is 5.17. The monoisotopic (exact) mass is 382 g/mol. The fraction of sp³-hybridized carbons (Fsp3) is 0.400. The van der Waals surface area contributed by atoms with E-state index in [4.69, 9.17) is 18.2 Å². The summed E-state index contributed by atoms with van der Waals surface area (Å²) in [6, 6.07) is 7.76. The van der Waals surface area contributed by atoms with Crippen LogP contribution in [-0.2, 0) is 0 Å². The van der Waals surface area contributed by atoms with E-state index in [1.165, 1.54) is 0 Å². The van der Waals surface area contributed by atoms with Gasteiger partial charge in [-0.3, -0.25) is 10.00 Å². The minimum Gasteiger partial charge on any atom is -0.353 e. The number of halogens is 1. The Hall–Kier alpha value is -2.33. The summed E-state index contributed by atoms with van der Waals surface area (Å²) in [7, 11) is 2.16. The molecular weight excluding hydrogens is 360 g/mol. The lowest BCUT2D eigenvalue weighted by Gasteiger charge is -2.30. The minimum atomic E-state index is -0.198. The third kappa shape index (κ3) is 3.59. The van der Waals surface area contributed by atoms with Crippen molar-refractivity contribution >= 4 is 17.4 Å². The molecule has 3 heterocycles. The van der Waals surface area contributed by atoms with Gasteiger partial charge in [-0.2, -0.15) is 5.10 Å². The van der Waals surface area contributed by atoms with E-state index in [9.17, 15) is 0 Å². The fourth-order valence-corrected chi connectivity index (χ4v) is 4.15. The molecular formula is C20H23ClN6. The number of aromatic amines is 1. The molecule has 0 bridgehead atoms. The van der Waals surface area contributed by atoms with Crippen molar-refractivity contribution in [3.8, 4) is 0 Å². The number of fused-ring (bicyclic) bond motifs is 1. The standard InChI is InChI=1S/C20H23ClN6/c1-22-19-17(13-27-9-5-8-26(2)10-11-27)24-20-15(12-23-25-20)18(19)14-6-3-4-7-16(14)21/h3-4,6-7,12,18H,5,8-11,13H2,2H3,(H2,23,24,25). The number of rotatable bonds is 3. The number of benzene rings is 1. The molecule has 2 aromatic rings. The molecule has 1 atom stereocenters. The van der Waals surface area contributed by atoms with Crippen molar-refractivity contribution in [2.45, 2.75) is 12.3 Å². The molecule has 1 fully saturated rings. The van der Waals surface area contributed by atoms with Gasteiger partial charge in [-0.05, 0) is 38.2 Å².